The molecule has 1 atom stereocenters. The topological polar surface area (TPSA) is 32.3 Å². The van der Waals surface area contributed by atoms with E-state index in [0.717, 1.165) is 38.2 Å². The number of likely N-dealkylation sites (tertiary alicyclic amines) is 1. The molecule has 1 fully saturated rings. The van der Waals surface area contributed by atoms with E-state index < -0.39 is 0 Å². The lowest BCUT2D eigenvalue weighted by atomic mass is 10.1. The number of likely N-dealkylation sites (N-methyl/N-ethyl adjacent to an activating group) is 1. The van der Waals surface area contributed by atoms with Gasteiger partial charge >= 0.3 is 0 Å². The number of nitrogens with zero attached hydrogens (tertiary/aromatic N) is 1. The van der Waals surface area contributed by atoms with Gasteiger partial charge in [-0.3, -0.25) is 4.79 Å². The molecule has 82 valence electrons. The quantitative estimate of drug-likeness (QED) is 0.742. The zero-order valence-corrected chi connectivity index (χ0v) is 9.90. The standard InChI is InChI=1S/C10H20N2OS/c1-3-11-9-5-4-6-12(10(9)13)7-8-14-2/h9,11H,3-8H2,1-2H3. The van der Waals surface area contributed by atoms with Crippen LogP contribution in [-0.2, 0) is 4.79 Å². The third kappa shape index (κ3) is 3.17. The zero-order valence-electron chi connectivity index (χ0n) is 9.08. The minimum atomic E-state index is 0.0793. The lowest BCUT2D eigenvalue weighted by molar-refractivity contribution is -0.135. The Bertz CT molecular complexity index is 185. The van der Waals surface area contributed by atoms with Gasteiger partial charge in [-0.1, -0.05) is 6.92 Å². The molecule has 0 aromatic heterocycles. The van der Waals surface area contributed by atoms with Crippen molar-refractivity contribution in [1.29, 1.82) is 0 Å². The third-order valence-electron chi connectivity index (χ3n) is 2.55. The first-order valence-electron chi connectivity index (χ1n) is 5.30. The molecule has 4 heteroatoms. The molecule has 0 aromatic carbocycles. The van der Waals surface area contributed by atoms with Crippen molar-refractivity contribution < 1.29 is 4.79 Å². The molecule has 3 nitrogen and oxygen atoms in total. The summed E-state index contributed by atoms with van der Waals surface area (Å²) in [4.78, 5) is 13.9. The number of amides is 1. The molecular weight excluding hydrogens is 196 g/mol. The molecule has 1 amide bonds. The van der Waals surface area contributed by atoms with Crippen LogP contribution in [-0.4, -0.2) is 48.5 Å². The van der Waals surface area contributed by atoms with Crippen molar-refractivity contribution in [3.8, 4) is 0 Å². The Balaban J connectivity index is 2.40. The summed E-state index contributed by atoms with van der Waals surface area (Å²) in [6, 6.07) is 0.0793. The molecule has 1 unspecified atom stereocenters. The largest absolute Gasteiger partial charge is 0.341 e. The molecule has 0 bridgehead atoms. The van der Waals surface area contributed by atoms with Crippen molar-refractivity contribution in [3.05, 3.63) is 0 Å². The molecule has 1 aliphatic heterocycles. The van der Waals surface area contributed by atoms with Crippen LogP contribution in [0.5, 0.6) is 0 Å². The second-order valence-electron chi connectivity index (χ2n) is 3.57. The predicted molar refractivity (Wildman–Crippen MR) is 61.7 cm³/mol. The fourth-order valence-electron chi connectivity index (χ4n) is 1.80. The molecule has 1 rings (SSSR count). The van der Waals surface area contributed by atoms with E-state index in [9.17, 15) is 4.79 Å². The van der Waals surface area contributed by atoms with Gasteiger partial charge in [-0.25, -0.2) is 0 Å². The number of hydrogen-bond donors (Lipinski definition) is 1. The van der Waals surface area contributed by atoms with Crippen molar-refractivity contribution in [2.45, 2.75) is 25.8 Å². The predicted octanol–water partition coefficient (Wildman–Crippen LogP) is 0.950. The van der Waals surface area contributed by atoms with Gasteiger partial charge in [0.1, 0.15) is 0 Å². The normalized spacial score (nSPS) is 22.9. The summed E-state index contributed by atoms with van der Waals surface area (Å²) >= 11 is 1.80. The summed E-state index contributed by atoms with van der Waals surface area (Å²) in [7, 11) is 0. The van der Waals surface area contributed by atoms with Gasteiger partial charge in [-0.05, 0) is 25.6 Å². The van der Waals surface area contributed by atoms with Crippen molar-refractivity contribution in [2.75, 3.05) is 31.6 Å². The molecule has 1 saturated heterocycles. The second kappa shape index (κ2) is 6.30. The van der Waals surface area contributed by atoms with Gasteiger partial charge in [-0.2, -0.15) is 11.8 Å². The van der Waals surface area contributed by atoms with Crippen LogP contribution in [0.2, 0.25) is 0 Å². The number of rotatable bonds is 5. The Morgan fingerprint density at radius 1 is 1.64 bits per heavy atom. The van der Waals surface area contributed by atoms with E-state index in [0.29, 0.717) is 5.91 Å². The van der Waals surface area contributed by atoms with E-state index in [1.807, 2.05) is 11.8 Å². The van der Waals surface area contributed by atoms with Gasteiger partial charge in [0.25, 0.3) is 0 Å². The van der Waals surface area contributed by atoms with Crippen LogP contribution < -0.4 is 5.32 Å². The van der Waals surface area contributed by atoms with Crippen LogP contribution in [0.15, 0.2) is 0 Å². The van der Waals surface area contributed by atoms with Gasteiger partial charge in [0.05, 0.1) is 6.04 Å². The third-order valence-corrected chi connectivity index (χ3v) is 3.14. The van der Waals surface area contributed by atoms with Gasteiger partial charge in [0.2, 0.25) is 5.91 Å². The maximum atomic E-state index is 11.9. The summed E-state index contributed by atoms with van der Waals surface area (Å²) in [5.74, 6) is 1.34. The SMILES string of the molecule is CCNC1CCCN(CCSC)C1=O. The first kappa shape index (κ1) is 11.9. The van der Waals surface area contributed by atoms with E-state index in [1.165, 1.54) is 0 Å². The number of carbonyl (C=O) groups excluding carboxylic acids is 1. The highest BCUT2D eigenvalue weighted by Gasteiger charge is 2.26. The smallest absolute Gasteiger partial charge is 0.239 e. The number of piperidine rings is 1. The van der Waals surface area contributed by atoms with E-state index in [-0.39, 0.29) is 6.04 Å². The first-order valence-corrected chi connectivity index (χ1v) is 6.70. The van der Waals surface area contributed by atoms with Gasteiger partial charge in [-0.15, -0.1) is 0 Å². The zero-order chi connectivity index (χ0) is 10.4. The van der Waals surface area contributed by atoms with Crippen LogP contribution in [0.1, 0.15) is 19.8 Å². The van der Waals surface area contributed by atoms with E-state index in [1.54, 1.807) is 11.8 Å². The molecule has 0 saturated carbocycles. The highest BCUT2D eigenvalue weighted by molar-refractivity contribution is 7.98. The summed E-state index contributed by atoms with van der Waals surface area (Å²) in [5, 5.41) is 3.24. The molecule has 14 heavy (non-hydrogen) atoms. The average Bonchev–Trinajstić information content (AvgIpc) is 2.20. The average molecular weight is 216 g/mol. The Morgan fingerprint density at radius 2 is 2.43 bits per heavy atom. The number of thioether (sulfide) groups is 1. The molecule has 0 aliphatic carbocycles. The van der Waals surface area contributed by atoms with Crippen molar-refractivity contribution >= 4 is 17.7 Å². The van der Waals surface area contributed by atoms with Gasteiger partial charge in [0.15, 0.2) is 0 Å². The molecule has 0 aromatic rings. The van der Waals surface area contributed by atoms with Gasteiger partial charge in [0, 0.05) is 18.8 Å². The maximum absolute atomic E-state index is 11.9. The second-order valence-corrected chi connectivity index (χ2v) is 4.56. The van der Waals surface area contributed by atoms with Crippen LogP contribution in [0.25, 0.3) is 0 Å². The summed E-state index contributed by atoms with van der Waals surface area (Å²) in [6.07, 6.45) is 4.22. The monoisotopic (exact) mass is 216 g/mol. The Kier molecular flexibility index (Phi) is 5.33. The summed E-state index contributed by atoms with van der Waals surface area (Å²) < 4.78 is 0. The lowest BCUT2D eigenvalue weighted by Crippen LogP contribution is -2.51. The summed E-state index contributed by atoms with van der Waals surface area (Å²) in [6.45, 7) is 4.78. The van der Waals surface area contributed by atoms with E-state index in [4.69, 9.17) is 0 Å². The summed E-state index contributed by atoms with van der Waals surface area (Å²) in [5.41, 5.74) is 0. The molecule has 1 aliphatic rings. The molecule has 0 radical (unpaired) electrons. The van der Waals surface area contributed by atoms with Crippen LogP contribution in [0.4, 0.5) is 0 Å². The van der Waals surface area contributed by atoms with Gasteiger partial charge < -0.3 is 10.2 Å². The highest BCUT2D eigenvalue weighted by atomic mass is 32.2. The van der Waals surface area contributed by atoms with E-state index >= 15 is 0 Å². The molecular formula is C10H20N2OS. The maximum Gasteiger partial charge on any atom is 0.239 e. The Hall–Kier alpha value is -0.220. The molecule has 1 N–H and O–H groups in total. The Labute approximate surface area is 90.6 Å². The fourth-order valence-corrected chi connectivity index (χ4v) is 2.20. The first-order chi connectivity index (χ1) is 6.79. The number of hydrogen-bond acceptors (Lipinski definition) is 3. The number of carbonyl (C=O) groups is 1. The lowest BCUT2D eigenvalue weighted by Gasteiger charge is -2.32. The van der Waals surface area contributed by atoms with Crippen LogP contribution in [0.3, 0.4) is 0 Å². The van der Waals surface area contributed by atoms with Crippen molar-refractivity contribution in [2.24, 2.45) is 0 Å². The highest BCUT2D eigenvalue weighted by Crippen LogP contribution is 2.12. The minimum absolute atomic E-state index is 0.0793. The Morgan fingerprint density at radius 3 is 3.07 bits per heavy atom. The van der Waals surface area contributed by atoms with Crippen molar-refractivity contribution in [3.63, 3.8) is 0 Å². The van der Waals surface area contributed by atoms with Crippen LogP contribution >= 0.6 is 11.8 Å². The number of nitrogens with one attached hydrogen (secondary N) is 1. The molecule has 1 heterocycles. The van der Waals surface area contributed by atoms with Crippen LogP contribution in [0, 0.1) is 0 Å². The van der Waals surface area contributed by atoms with E-state index in [2.05, 4.69) is 11.6 Å². The minimum Gasteiger partial charge on any atom is -0.341 e. The fraction of sp³-hybridized carbons (Fsp3) is 0.900. The van der Waals surface area contributed by atoms with Crippen molar-refractivity contribution in [1.82, 2.24) is 10.2 Å². The molecule has 0 spiro atoms.